The summed E-state index contributed by atoms with van der Waals surface area (Å²) < 4.78 is 40.2. The van der Waals surface area contributed by atoms with Gasteiger partial charge < -0.3 is 0 Å². The van der Waals surface area contributed by atoms with Gasteiger partial charge in [0, 0.05) is 12.4 Å². The van der Waals surface area contributed by atoms with Crippen LogP contribution in [0.5, 0.6) is 0 Å². The van der Waals surface area contributed by atoms with Crippen LogP contribution in [0.2, 0.25) is 0 Å². The number of alkyl halides is 1. The summed E-state index contributed by atoms with van der Waals surface area (Å²) in [4.78, 5) is 0.112. The highest BCUT2D eigenvalue weighted by Crippen LogP contribution is 2.26. The van der Waals surface area contributed by atoms with E-state index in [0.717, 1.165) is 9.87 Å². The van der Waals surface area contributed by atoms with E-state index in [-0.39, 0.29) is 17.1 Å². The number of hydrogen-bond acceptors (Lipinski definition) is 2. The number of nitrogens with zero attached hydrogens (tertiary/aromatic N) is 1. The highest BCUT2D eigenvalue weighted by Gasteiger charge is 2.25. The molecule has 2 rings (SSSR count). The topological polar surface area (TPSA) is 37.4 Å². The zero-order chi connectivity index (χ0) is 15.5. The molecule has 0 amide bonds. The summed E-state index contributed by atoms with van der Waals surface area (Å²) in [7, 11) is -3.80. The quantitative estimate of drug-likeness (QED) is 0.784. The third kappa shape index (κ3) is 3.19. The van der Waals surface area contributed by atoms with Crippen molar-refractivity contribution in [2.24, 2.45) is 0 Å². The molecule has 0 aliphatic rings. The highest BCUT2D eigenvalue weighted by molar-refractivity contribution is 7.92. The maximum atomic E-state index is 13.9. The lowest BCUT2D eigenvalue weighted by atomic mass is 10.2. The summed E-state index contributed by atoms with van der Waals surface area (Å²) >= 11 is 5.69. The van der Waals surface area contributed by atoms with Crippen molar-refractivity contribution in [3.63, 3.8) is 0 Å². The molecule has 112 valence electrons. The first-order valence-electron chi connectivity index (χ1n) is 6.43. The van der Waals surface area contributed by atoms with E-state index in [1.807, 2.05) is 0 Å². The molecule has 0 fully saturated rings. The predicted molar refractivity (Wildman–Crippen MR) is 82.6 cm³/mol. The minimum Gasteiger partial charge on any atom is -0.264 e. The second kappa shape index (κ2) is 6.45. The standard InChI is InChI=1S/C15H15ClFNO2S/c1-2-18(15-6-4-3-5-14(15)17)21(19,20)13-9-7-12(11-16)8-10-13/h3-10H,2,11H2,1H3. The Hall–Kier alpha value is -1.59. The summed E-state index contributed by atoms with van der Waals surface area (Å²) in [6, 6.07) is 12.1. The molecule has 0 unspecified atom stereocenters. The van der Waals surface area contributed by atoms with Gasteiger partial charge in [-0.2, -0.15) is 0 Å². The number of halogens is 2. The molecule has 0 spiro atoms. The summed E-state index contributed by atoms with van der Waals surface area (Å²) in [5.41, 5.74) is 0.867. The average Bonchev–Trinajstić information content (AvgIpc) is 2.50. The Kier molecular flexibility index (Phi) is 4.85. The van der Waals surface area contributed by atoms with E-state index in [9.17, 15) is 12.8 Å². The summed E-state index contributed by atoms with van der Waals surface area (Å²) in [6.07, 6.45) is 0. The molecule has 0 heterocycles. The van der Waals surface area contributed by atoms with E-state index in [2.05, 4.69) is 0 Å². The van der Waals surface area contributed by atoms with Crippen LogP contribution in [0.4, 0.5) is 10.1 Å². The van der Waals surface area contributed by atoms with Crippen molar-refractivity contribution in [1.29, 1.82) is 0 Å². The molecule has 0 aromatic heterocycles. The molecule has 0 bridgehead atoms. The number of hydrogen-bond donors (Lipinski definition) is 0. The number of benzene rings is 2. The van der Waals surface area contributed by atoms with Crippen LogP contribution < -0.4 is 4.31 Å². The van der Waals surface area contributed by atoms with Gasteiger partial charge in [-0.3, -0.25) is 4.31 Å². The van der Waals surface area contributed by atoms with Crippen LogP contribution in [0.25, 0.3) is 0 Å². The van der Waals surface area contributed by atoms with Crippen LogP contribution in [-0.4, -0.2) is 15.0 Å². The van der Waals surface area contributed by atoms with Gasteiger partial charge in [0.25, 0.3) is 10.0 Å². The lowest BCUT2D eigenvalue weighted by molar-refractivity contribution is 0.586. The second-order valence-electron chi connectivity index (χ2n) is 4.40. The average molecular weight is 328 g/mol. The lowest BCUT2D eigenvalue weighted by Gasteiger charge is -2.23. The van der Waals surface area contributed by atoms with Gasteiger partial charge >= 0.3 is 0 Å². The molecule has 0 atom stereocenters. The van der Waals surface area contributed by atoms with E-state index in [4.69, 9.17) is 11.6 Å². The molecular formula is C15H15ClFNO2S. The van der Waals surface area contributed by atoms with Crippen molar-refractivity contribution in [1.82, 2.24) is 0 Å². The molecule has 0 saturated heterocycles. The van der Waals surface area contributed by atoms with Crippen molar-refractivity contribution < 1.29 is 12.8 Å². The Labute approximate surface area is 129 Å². The van der Waals surface area contributed by atoms with Gasteiger partial charge in [-0.05, 0) is 36.8 Å². The number of rotatable bonds is 5. The van der Waals surface area contributed by atoms with Gasteiger partial charge in [0.05, 0.1) is 10.6 Å². The van der Waals surface area contributed by atoms with Crippen LogP contribution in [-0.2, 0) is 15.9 Å². The maximum absolute atomic E-state index is 13.9. The monoisotopic (exact) mass is 327 g/mol. The van der Waals surface area contributed by atoms with E-state index < -0.39 is 15.8 Å². The lowest BCUT2D eigenvalue weighted by Crippen LogP contribution is -2.31. The second-order valence-corrected chi connectivity index (χ2v) is 6.53. The van der Waals surface area contributed by atoms with Crippen LogP contribution in [0, 0.1) is 5.82 Å². The zero-order valence-corrected chi connectivity index (χ0v) is 13.0. The normalized spacial score (nSPS) is 11.4. The van der Waals surface area contributed by atoms with Crippen LogP contribution >= 0.6 is 11.6 Å². The first-order chi connectivity index (χ1) is 10.0. The molecule has 0 N–H and O–H groups in total. The maximum Gasteiger partial charge on any atom is 0.264 e. The van der Waals surface area contributed by atoms with E-state index in [1.54, 1.807) is 25.1 Å². The van der Waals surface area contributed by atoms with Crippen molar-refractivity contribution in [2.45, 2.75) is 17.7 Å². The van der Waals surface area contributed by atoms with Crippen molar-refractivity contribution in [3.05, 3.63) is 59.9 Å². The highest BCUT2D eigenvalue weighted by atomic mass is 35.5. The largest absolute Gasteiger partial charge is 0.264 e. The van der Waals surface area contributed by atoms with Gasteiger partial charge in [0.1, 0.15) is 5.82 Å². The van der Waals surface area contributed by atoms with Crippen LogP contribution in [0.15, 0.2) is 53.4 Å². The first kappa shape index (κ1) is 15.8. The molecule has 0 aliphatic heterocycles. The van der Waals surface area contributed by atoms with E-state index in [0.29, 0.717) is 5.88 Å². The SMILES string of the molecule is CCN(c1ccccc1F)S(=O)(=O)c1ccc(CCl)cc1. The van der Waals surface area contributed by atoms with Gasteiger partial charge in [0.2, 0.25) is 0 Å². The fraction of sp³-hybridized carbons (Fsp3) is 0.200. The molecule has 2 aromatic rings. The Morgan fingerprint density at radius 1 is 1.10 bits per heavy atom. The van der Waals surface area contributed by atoms with Gasteiger partial charge in [-0.25, -0.2) is 12.8 Å². The zero-order valence-electron chi connectivity index (χ0n) is 11.5. The van der Waals surface area contributed by atoms with E-state index >= 15 is 0 Å². The number of sulfonamides is 1. The predicted octanol–water partition coefficient (Wildman–Crippen LogP) is 3.78. The Morgan fingerprint density at radius 2 is 1.71 bits per heavy atom. The van der Waals surface area contributed by atoms with Gasteiger partial charge in [0.15, 0.2) is 0 Å². The molecule has 0 saturated carbocycles. The molecule has 0 radical (unpaired) electrons. The number of anilines is 1. The number of para-hydroxylation sites is 1. The third-order valence-corrected chi connectivity index (χ3v) is 5.29. The van der Waals surface area contributed by atoms with Gasteiger partial charge in [-0.1, -0.05) is 24.3 Å². The summed E-state index contributed by atoms with van der Waals surface area (Å²) in [6.45, 7) is 1.80. The molecular weight excluding hydrogens is 313 g/mol. The minimum atomic E-state index is -3.80. The minimum absolute atomic E-state index is 0.0430. The van der Waals surface area contributed by atoms with Crippen molar-refractivity contribution >= 4 is 27.3 Å². The van der Waals surface area contributed by atoms with Gasteiger partial charge in [-0.15, -0.1) is 11.6 Å². The molecule has 0 aliphatic carbocycles. The first-order valence-corrected chi connectivity index (χ1v) is 8.40. The summed E-state index contributed by atoms with van der Waals surface area (Å²) in [5, 5.41) is 0. The van der Waals surface area contributed by atoms with Crippen molar-refractivity contribution in [3.8, 4) is 0 Å². The fourth-order valence-electron chi connectivity index (χ4n) is 2.00. The molecule has 6 heteroatoms. The molecule has 2 aromatic carbocycles. The fourth-order valence-corrected chi connectivity index (χ4v) is 3.66. The Balaban J connectivity index is 2.47. The third-order valence-electron chi connectivity index (χ3n) is 3.07. The van der Waals surface area contributed by atoms with Crippen LogP contribution in [0.1, 0.15) is 12.5 Å². The molecule has 21 heavy (non-hydrogen) atoms. The smallest absolute Gasteiger partial charge is 0.264 e. The molecule has 3 nitrogen and oxygen atoms in total. The van der Waals surface area contributed by atoms with E-state index in [1.165, 1.54) is 30.3 Å². The summed E-state index contributed by atoms with van der Waals surface area (Å²) in [5.74, 6) is -0.259. The van der Waals surface area contributed by atoms with Crippen LogP contribution in [0.3, 0.4) is 0 Å². The van der Waals surface area contributed by atoms with Crippen molar-refractivity contribution in [2.75, 3.05) is 10.8 Å². The Bertz CT molecular complexity index is 717. The Morgan fingerprint density at radius 3 is 2.24 bits per heavy atom.